The first-order valence-electron chi connectivity index (χ1n) is 6.40. The van der Waals surface area contributed by atoms with E-state index in [0.29, 0.717) is 5.76 Å². The summed E-state index contributed by atoms with van der Waals surface area (Å²) < 4.78 is 10.7. The van der Waals surface area contributed by atoms with Crippen LogP contribution < -0.4 is 10.5 Å². The summed E-state index contributed by atoms with van der Waals surface area (Å²) >= 11 is 0. The molecular weight excluding hydrogens is 260 g/mol. The number of fused-ring (bicyclic) bond motifs is 1. The fraction of sp³-hybridized carbons (Fsp3) is 0.286. The summed E-state index contributed by atoms with van der Waals surface area (Å²) in [6.45, 7) is 0.739. The van der Waals surface area contributed by atoms with E-state index < -0.39 is 11.0 Å². The lowest BCUT2D eigenvalue weighted by molar-refractivity contribution is -0.402. The molecule has 1 aromatic heterocycles. The molecule has 104 valence electrons. The third-order valence-corrected chi connectivity index (χ3v) is 3.39. The van der Waals surface area contributed by atoms with Crippen molar-refractivity contribution in [1.29, 1.82) is 0 Å². The molecule has 3 rings (SSSR count). The van der Waals surface area contributed by atoms with Crippen LogP contribution in [0.3, 0.4) is 0 Å². The molecule has 0 saturated carbocycles. The van der Waals surface area contributed by atoms with E-state index in [0.717, 1.165) is 36.3 Å². The third kappa shape index (κ3) is 2.25. The second kappa shape index (κ2) is 4.97. The van der Waals surface area contributed by atoms with Crippen molar-refractivity contribution in [3.63, 3.8) is 0 Å². The summed E-state index contributed by atoms with van der Waals surface area (Å²) in [7, 11) is 0. The Morgan fingerprint density at radius 1 is 1.30 bits per heavy atom. The molecule has 0 aliphatic carbocycles. The molecule has 1 unspecified atom stereocenters. The zero-order valence-electron chi connectivity index (χ0n) is 10.7. The fourth-order valence-electron chi connectivity index (χ4n) is 2.35. The topological polar surface area (TPSA) is 91.5 Å². The Kier molecular flexibility index (Phi) is 3.15. The average Bonchev–Trinajstić information content (AvgIpc) is 2.96. The van der Waals surface area contributed by atoms with Crippen molar-refractivity contribution in [2.75, 3.05) is 6.61 Å². The van der Waals surface area contributed by atoms with E-state index >= 15 is 0 Å². The van der Waals surface area contributed by atoms with Crippen LogP contribution in [0.4, 0.5) is 5.88 Å². The van der Waals surface area contributed by atoms with Gasteiger partial charge in [0.2, 0.25) is 0 Å². The minimum absolute atomic E-state index is 0.295. The SMILES string of the molecule is NC(c1ccc2c(c1)CCCO2)c1ccc([N+](=O)[O-])o1. The average molecular weight is 274 g/mol. The molecule has 6 nitrogen and oxygen atoms in total. The molecule has 0 radical (unpaired) electrons. The minimum atomic E-state index is -0.573. The van der Waals surface area contributed by atoms with Crippen molar-refractivity contribution in [1.82, 2.24) is 0 Å². The number of nitrogens with zero attached hydrogens (tertiary/aromatic N) is 1. The number of hydrogen-bond donors (Lipinski definition) is 1. The van der Waals surface area contributed by atoms with Gasteiger partial charge in [0.1, 0.15) is 16.4 Å². The maximum Gasteiger partial charge on any atom is 0.433 e. The Bertz CT molecular complexity index is 650. The predicted octanol–water partition coefficient (Wildman–Crippen LogP) is 2.56. The van der Waals surface area contributed by atoms with Crippen LogP contribution in [0.15, 0.2) is 34.7 Å². The van der Waals surface area contributed by atoms with Gasteiger partial charge >= 0.3 is 5.88 Å². The van der Waals surface area contributed by atoms with Crippen LogP contribution >= 0.6 is 0 Å². The molecule has 1 aliphatic rings. The van der Waals surface area contributed by atoms with Crippen molar-refractivity contribution in [3.8, 4) is 5.75 Å². The number of benzene rings is 1. The van der Waals surface area contributed by atoms with E-state index in [2.05, 4.69) is 0 Å². The number of furan rings is 1. The second-order valence-electron chi connectivity index (χ2n) is 4.73. The molecule has 1 atom stereocenters. The number of aryl methyl sites for hydroxylation is 1. The lowest BCUT2D eigenvalue weighted by Gasteiger charge is -2.19. The smallest absolute Gasteiger partial charge is 0.433 e. The minimum Gasteiger partial charge on any atom is -0.493 e. The lowest BCUT2D eigenvalue weighted by Crippen LogP contribution is -2.13. The molecule has 2 N–H and O–H groups in total. The van der Waals surface area contributed by atoms with Crippen LogP contribution in [0.1, 0.15) is 29.3 Å². The molecule has 20 heavy (non-hydrogen) atoms. The monoisotopic (exact) mass is 274 g/mol. The highest BCUT2D eigenvalue weighted by molar-refractivity contribution is 5.41. The highest BCUT2D eigenvalue weighted by Gasteiger charge is 2.20. The van der Waals surface area contributed by atoms with Crippen molar-refractivity contribution >= 4 is 5.88 Å². The highest BCUT2D eigenvalue weighted by atomic mass is 16.6. The van der Waals surface area contributed by atoms with Gasteiger partial charge < -0.3 is 14.9 Å². The van der Waals surface area contributed by atoms with Gasteiger partial charge in [-0.05, 0) is 36.1 Å². The Hall–Kier alpha value is -2.34. The van der Waals surface area contributed by atoms with Gasteiger partial charge in [0.15, 0.2) is 0 Å². The van der Waals surface area contributed by atoms with Crippen LogP contribution in [0.5, 0.6) is 5.75 Å². The molecule has 1 aliphatic heterocycles. The van der Waals surface area contributed by atoms with Crippen LogP contribution in [-0.2, 0) is 6.42 Å². The molecule has 0 saturated heterocycles. The van der Waals surface area contributed by atoms with Crippen LogP contribution in [0.2, 0.25) is 0 Å². The molecule has 2 aromatic rings. The van der Waals surface area contributed by atoms with Gasteiger partial charge in [-0.3, -0.25) is 10.1 Å². The molecule has 0 spiro atoms. The van der Waals surface area contributed by atoms with Gasteiger partial charge in [-0.15, -0.1) is 0 Å². The molecule has 6 heteroatoms. The Morgan fingerprint density at radius 3 is 2.90 bits per heavy atom. The maximum atomic E-state index is 10.6. The molecular formula is C14H14N2O4. The summed E-state index contributed by atoms with van der Waals surface area (Å²) in [5, 5.41) is 10.6. The second-order valence-corrected chi connectivity index (χ2v) is 4.73. The van der Waals surface area contributed by atoms with Crippen molar-refractivity contribution < 1.29 is 14.1 Å². The largest absolute Gasteiger partial charge is 0.493 e. The van der Waals surface area contributed by atoms with Gasteiger partial charge in [0, 0.05) is 0 Å². The molecule has 2 heterocycles. The van der Waals surface area contributed by atoms with Crippen LogP contribution in [0.25, 0.3) is 0 Å². The number of nitro groups is 1. The third-order valence-electron chi connectivity index (χ3n) is 3.39. The van der Waals surface area contributed by atoms with E-state index in [1.807, 2.05) is 18.2 Å². The van der Waals surface area contributed by atoms with Gasteiger partial charge in [0.05, 0.1) is 18.7 Å². The van der Waals surface area contributed by atoms with Crippen molar-refractivity contribution in [2.24, 2.45) is 5.73 Å². The fourth-order valence-corrected chi connectivity index (χ4v) is 2.35. The Labute approximate surface area is 115 Å². The number of hydrogen-bond acceptors (Lipinski definition) is 5. The van der Waals surface area contributed by atoms with Crippen LogP contribution in [-0.4, -0.2) is 11.5 Å². The highest BCUT2D eigenvalue weighted by Crippen LogP contribution is 2.30. The quantitative estimate of drug-likeness (QED) is 0.686. The number of nitrogens with two attached hydrogens (primary N) is 1. The van der Waals surface area contributed by atoms with Gasteiger partial charge in [0.25, 0.3) is 0 Å². The molecule has 0 bridgehead atoms. The van der Waals surface area contributed by atoms with E-state index in [-0.39, 0.29) is 5.88 Å². The normalized spacial score (nSPS) is 15.2. The lowest BCUT2D eigenvalue weighted by atomic mass is 9.98. The predicted molar refractivity (Wildman–Crippen MR) is 71.7 cm³/mol. The molecule has 0 fully saturated rings. The van der Waals surface area contributed by atoms with Crippen molar-refractivity contribution in [2.45, 2.75) is 18.9 Å². The first-order chi connectivity index (χ1) is 9.65. The first-order valence-corrected chi connectivity index (χ1v) is 6.40. The first kappa shape index (κ1) is 12.7. The standard InChI is InChI=1S/C14H14N2O4/c15-14(12-5-6-13(20-12)16(17)18)10-3-4-11-9(8-10)2-1-7-19-11/h3-6,8,14H,1-2,7,15H2. The summed E-state index contributed by atoms with van der Waals surface area (Å²) in [5.41, 5.74) is 8.08. The zero-order chi connectivity index (χ0) is 14.1. The molecule has 0 amide bonds. The number of ether oxygens (including phenoxy) is 1. The zero-order valence-corrected chi connectivity index (χ0v) is 10.7. The van der Waals surface area contributed by atoms with E-state index in [4.69, 9.17) is 14.9 Å². The number of rotatable bonds is 3. The van der Waals surface area contributed by atoms with Gasteiger partial charge in [-0.25, -0.2) is 0 Å². The Balaban J connectivity index is 1.89. The summed E-state index contributed by atoms with van der Waals surface area (Å²) in [6, 6.07) is 8.07. The Morgan fingerprint density at radius 2 is 2.15 bits per heavy atom. The van der Waals surface area contributed by atoms with E-state index in [1.54, 1.807) is 6.07 Å². The van der Waals surface area contributed by atoms with Crippen molar-refractivity contribution in [3.05, 3.63) is 57.3 Å². The maximum absolute atomic E-state index is 10.6. The van der Waals surface area contributed by atoms with Gasteiger partial charge in [-0.1, -0.05) is 12.1 Å². The molecule has 1 aromatic carbocycles. The summed E-state index contributed by atoms with van der Waals surface area (Å²) in [5.74, 6) is 0.975. The summed E-state index contributed by atoms with van der Waals surface area (Å²) in [6.07, 6.45) is 1.94. The van der Waals surface area contributed by atoms with E-state index in [9.17, 15) is 10.1 Å². The summed E-state index contributed by atoms with van der Waals surface area (Å²) in [4.78, 5) is 10.0. The van der Waals surface area contributed by atoms with E-state index in [1.165, 1.54) is 6.07 Å². The van der Waals surface area contributed by atoms with Crippen LogP contribution in [0, 0.1) is 10.1 Å². The van der Waals surface area contributed by atoms with Gasteiger partial charge in [-0.2, -0.15) is 0 Å².